The summed E-state index contributed by atoms with van der Waals surface area (Å²) in [6, 6.07) is 13.0. The van der Waals surface area contributed by atoms with Crippen LogP contribution in [0.2, 0.25) is 5.02 Å². The van der Waals surface area contributed by atoms with E-state index in [9.17, 15) is 4.79 Å². The zero-order valence-electron chi connectivity index (χ0n) is 13.7. The number of fused-ring (bicyclic) bond motifs is 1. The number of rotatable bonds is 2. The van der Waals surface area contributed by atoms with Crippen LogP contribution in [0.4, 0.5) is 10.5 Å². The maximum Gasteiger partial charge on any atom is 0.322 e. The van der Waals surface area contributed by atoms with E-state index in [0.29, 0.717) is 18.2 Å². The Morgan fingerprint density at radius 1 is 1.08 bits per heavy atom. The first-order chi connectivity index (χ1) is 12.2. The molecule has 6 heteroatoms. The molecule has 2 aromatic carbocycles. The molecule has 0 spiro atoms. The lowest BCUT2D eigenvalue weighted by Gasteiger charge is -2.27. The fourth-order valence-corrected chi connectivity index (χ4v) is 3.48. The number of carbonyl (C=O) groups is 1. The minimum atomic E-state index is -0.0975. The maximum absolute atomic E-state index is 12.7. The molecule has 1 saturated heterocycles. The van der Waals surface area contributed by atoms with Crippen molar-refractivity contribution in [3.05, 3.63) is 53.1 Å². The van der Waals surface area contributed by atoms with Gasteiger partial charge in [0, 0.05) is 17.3 Å². The smallest absolute Gasteiger partial charge is 0.322 e. The van der Waals surface area contributed by atoms with Gasteiger partial charge >= 0.3 is 6.03 Å². The summed E-state index contributed by atoms with van der Waals surface area (Å²) < 4.78 is 11.2. The van der Waals surface area contributed by atoms with Gasteiger partial charge in [-0.05, 0) is 54.8 Å². The Morgan fingerprint density at radius 3 is 2.64 bits per heavy atom. The number of halogens is 1. The Labute approximate surface area is 151 Å². The highest BCUT2D eigenvalue weighted by molar-refractivity contribution is 6.30. The van der Waals surface area contributed by atoms with Crippen LogP contribution in [0, 0.1) is 0 Å². The molecule has 2 aliphatic rings. The fraction of sp³-hybridized carbons (Fsp3) is 0.316. The number of likely N-dealkylation sites (tertiary alicyclic amines) is 1. The van der Waals surface area contributed by atoms with Crippen LogP contribution in [0.15, 0.2) is 42.5 Å². The van der Waals surface area contributed by atoms with Crippen molar-refractivity contribution in [3.8, 4) is 11.5 Å². The van der Waals surface area contributed by atoms with Crippen molar-refractivity contribution in [1.82, 2.24) is 4.90 Å². The van der Waals surface area contributed by atoms with Gasteiger partial charge in [0.1, 0.15) is 13.2 Å². The summed E-state index contributed by atoms with van der Waals surface area (Å²) in [6.45, 7) is 1.87. The van der Waals surface area contributed by atoms with Gasteiger partial charge in [-0.15, -0.1) is 0 Å². The summed E-state index contributed by atoms with van der Waals surface area (Å²) in [5, 5.41) is 3.59. The molecule has 2 heterocycles. The van der Waals surface area contributed by atoms with Crippen LogP contribution in [0.1, 0.15) is 24.4 Å². The van der Waals surface area contributed by atoms with Gasteiger partial charge in [-0.3, -0.25) is 0 Å². The normalized spacial score (nSPS) is 18.9. The predicted molar refractivity (Wildman–Crippen MR) is 96.6 cm³/mol. The van der Waals surface area contributed by atoms with Crippen LogP contribution in [-0.4, -0.2) is 30.7 Å². The van der Waals surface area contributed by atoms with Crippen molar-refractivity contribution in [2.75, 3.05) is 25.1 Å². The Balaban J connectivity index is 1.51. The number of ether oxygens (including phenoxy) is 2. The van der Waals surface area contributed by atoms with E-state index in [-0.39, 0.29) is 12.1 Å². The summed E-state index contributed by atoms with van der Waals surface area (Å²) in [7, 11) is 0. The second-order valence-electron chi connectivity index (χ2n) is 6.19. The molecule has 0 unspecified atom stereocenters. The van der Waals surface area contributed by atoms with Crippen molar-refractivity contribution >= 4 is 23.3 Å². The molecule has 2 aromatic rings. The zero-order valence-corrected chi connectivity index (χ0v) is 14.5. The SMILES string of the molecule is O=C(Nc1ccc(Cl)cc1)N1CCC[C@H]1c1ccc2c(c1)OCCO2. The fourth-order valence-electron chi connectivity index (χ4n) is 3.35. The molecule has 0 radical (unpaired) electrons. The molecule has 5 nitrogen and oxygen atoms in total. The monoisotopic (exact) mass is 358 g/mol. The third-order valence-corrected chi connectivity index (χ3v) is 4.81. The average molecular weight is 359 g/mol. The Bertz CT molecular complexity index is 779. The summed E-state index contributed by atoms with van der Waals surface area (Å²) >= 11 is 5.89. The number of carbonyl (C=O) groups excluding carboxylic acids is 1. The van der Waals surface area contributed by atoms with Crippen LogP contribution in [-0.2, 0) is 0 Å². The number of nitrogens with one attached hydrogen (secondary N) is 1. The van der Waals surface area contributed by atoms with Crippen molar-refractivity contribution in [1.29, 1.82) is 0 Å². The molecule has 0 aromatic heterocycles. The van der Waals surface area contributed by atoms with E-state index in [0.717, 1.165) is 42.1 Å². The number of hydrogen-bond donors (Lipinski definition) is 1. The molecular formula is C19H19ClN2O3. The molecule has 1 atom stereocenters. The molecule has 0 bridgehead atoms. The minimum Gasteiger partial charge on any atom is -0.486 e. The first-order valence-electron chi connectivity index (χ1n) is 8.43. The number of anilines is 1. The molecular weight excluding hydrogens is 340 g/mol. The highest BCUT2D eigenvalue weighted by atomic mass is 35.5. The van der Waals surface area contributed by atoms with Gasteiger partial charge in [-0.2, -0.15) is 0 Å². The van der Waals surface area contributed by atoms with Gasteiger partial charge < -0.3 is 19.7 Å². The average Bonchev–Trinajstić information content (AvgIpc) is 3.13. The molecule has 130 valence electrons. The Morgan fingerprint density at radius 2 is 1.84 bits per heavy atom. The standard InChI is InChI=1S/C19H19ClN2O3/c20-14-4-6-15(7-5-14)21-19(23)22-9-1-2-16(22)13-3-8-17-18(12-13)25-11-10-24-17/h3-8,12,16H,1-2,9-11H2,(H,21,23)/t16-/m0/s1. The second kappa shape index (κ2) is 6.84. The van der Waals surface area contributed by atoms with Gasteiger partial charge in [-0.1, -0.05) is 17.7 Å². The molecule has 2 aliphatic heterocycles. The first kappa shape index (κ1) is 16.1. The quantitative estimate of drug-likeness (QED) is 0.861. The van der Waals surface area contributed by atoms with Crippen LogP contribution in [0.25, 0.3) is 0 Å². The van der Waals surface area contributed by atoms with E-state index in [2.05, 4.69) is 5.32 Å². The summed E-state index contributed by atoms with van der Waals surface area (Å²) in [4.78, 5) is 14.6. The molecule has 1 fully saturated rings. The van der Waals surface area contributed by atoms with Crippen molar-refractivity contribution in [3.63, 3.8) is 0 Å². The van der Waals surface area contributed by atoms with E-state index in [1.807, 2.05) is 23.1 Å². The molecule has 0 saturated carbocycles. The lowest BCUT2D eigenvalue weighted by molar-refractivity contribution is 0.170. The molecule has 25 heavy (non-hydrogen) atoms. The van der Waals surface area contributed by atoms with Gasteiger partial charge in [0.15, 0.2) is 11.5 Å². The Hall–Kier alpha value is -2.40. The van der Waals surface area contributed by atoms with Gasteiger partial charge in [0.25, 0.3) is 0 Å². The number of hydrogen-bond acceptors (Lipinski definition) is 3. The number of nitrogens with zero attached hydrogens (tertiary/aromatic N) is 1. The van der Waals surface area contributed by atoms with Gasteiger partial charge in [-0.25, -0.2) is 4.79 Å². The van der Waals surface area contributed by atoms with Crippen molar-refractivity contribution in [2.45, 2.75) is 18.9 Å². The summed E-state index contributed by atoms with van der Waals surface area (Å²) in [5.41, 5.74) is 1.82. The van der Waals surface area contributed by atoms with Crippen LogP contribution < -0.4 is 14.8 Å². The summed E-state index contributed by atoms with van der Waals surface area (Å²) in [5.74, 6) is 1.53. The molecule has 0 aliphatic carbocycles. The first-order valence-corrected chi connectivity index (χ1v) is 8.81. The lowest BCUT2D eigenvalue weighted by Crippen LogP contribution is -2.34. The Kier molecular flexibility index (Phi) is 4.40. The van der Waals surface area contributed by atoms with Crippen LogP contribution in [0.3, 0.4) is 0 Å². The zero-order chi connectivity index (χ0) is 17.2. The third-order valence-electron chi connectivity index (χ3n) is 4.56. The minimum absolute atomic E-state index is 0.0446. The second-order valence-corrected chi connectivity index (χ2v) is 6.63. The van der Waals surface area contributed by atoms with E-state index < -0.39 is 0 Å². The number of benzene rings is 2. The van der Waals surface area contributed by atoms with E-state index in [1.54, 1.807) is 24.3 Å². The number of amides is 2. The van der Waals surface area contributed by atoms with Crippen molar-refractivity contribution in [2.24, 2.45) is 0 Å². The lowest BCUT2D eigenvalue weighted by atomic mass is 10.0. The summed E-state index contributed by atoms with van der Waals surface area (Å²) in [6.07, 6.45) is 1.92. The van der Waals surface area contributed by atoms with E-state index in [4.69, 9.17) is 21.1 Å². The number of urea groups is 1. The molecule has 2 amide bonds. The predicted octanol–water partition coefficient (Wildman–Crippen LogP) is 4.48. The third kappa shape index (κ3) is 3.37. The van der Waals surface area contributed by atoms with Crippen LogP contribution in [0.5, 0.6) is 11.5 Å². The van der Waals surface area contributed by atoms with E-state index in [1.165, 1.54) is 0 Å². The van der Waals surface area contributed by atoms with Gasteiger partial charge in [0.2, 0.25) is 0 Å². The van der Waals surface area contributed by atoms with E-state index >= 15 is 0 Å². The largest absolute Gasteiger partial charge is 0.486 e. The maximum atomic E-state index is 12.7. The topological polar surface area (TPSA) is 50.8 Å². The molecule has 4 rings (SSSR count). The van der Waals surface area contributed by atoms with Crippen LogP contribution >= 0.6 is 11.6 Å². The highest BCUT2D eigenvalue weighted by Gasteiger charge is 2.31. The van der Waals surface area contributed by atoms with Crippen molar-refractivity contribution < 1.29 is 14.3 Å². The highest BCUT2D eigenvalue weighted by Crippen LogP contribution is 2.38. The van der Waals surface area contributed by atoms with Gasteiger partial charge in [0.05, 0.1) is 6.04 Å². The molecule has 1 N–H and O–H groups in total.